The van der Waals surface area contributed by atoms with Gasteiger partial charge in [-0.25, -0.2) is 0 Å². The normalized spacial score (nSPS) is 18.8. The summed E-state index contributed by atoms with van der Waals surface area (Å²) in [6, 6.07) is 3.87. The molecule has 1 aliphatic heterocycles. The summed E-state index contributed by atoms with van der Waals surface area (Å²) in [5.41, 5.74) is 0.843. The van der Waals surface area contributed by atoms with E-state index in [1.807, 2.05) is 19.1 Å². The molecule has 0 aromatic carbocycles. The number of pyridine rings is 1. The molecule has 1 aliphatic rings. The molecule has 0 unspecified atom stereocenters. The molecule has 0 aliphatic carbocycles. The minimum absolute atomic E-state index is 0.105. The summed E-state index contributed by atoms with van der Waals surface area (Å²) in [5.74, 6) is 2.46. The van der Waals surface area contributed by atoms with Crippen LogP contribution in [0.25, 0.3) is 11.4 Å². The molecule has 3 aromatic heterocycles. The van der Waals surface area contributed by atoms with Crippen molar-refractivity contribution in [1.29, 1.82) is 0 Å². The summed E-state index contributed by atoms with van der Waals surface area (Å²) >= 11 is 0. The number of likely N-dealkylation sites (tertiary alicyclic amines) is 1. The highest BCUT2D eigenvalue weighted by Crippen LogP contribution is 2.31. The van der Waals surface area contributed by atoms with Crippen molar-refractivity contribution >= 4 is 0 Å². The van der Waals surface area contributed by atoms with Crippen LogP contribution in [0.4, 0.5) is 0 Å². The number of nitrogens with zero attached hydrogens (tertiary/aromatic N) is 6. The largest absolute Gasteiger partial charge is 0.338 e. The highest BCUT2D eigenvalue weighted by atomic mass is 16.5. The van der Waals surface area contributed by atoms with Gasteiger partial charge < -0.3 is 9.05 Å². The Hall–Kier alpha value is -2.61. The van der Waals surface area contributed by atoms with E-state index in [1.54, 1.807) is 12.4 Å². The van der Waals surface area contributed by atoms with Crippen LogP contribution in [0.2, 0.25) is 0 Å². The third-order valence-corrected chi connectivity index (χ3v) is 4.17. The van der Waals surface area contributed by atoms with E-state index in [1.165, 1.54) is 0 Å². The topological polar surface area (TPSA) is 94.0 Å². The first-order chi connectivity index (χ1) is 11.8. The van der Waals surface area contributed by atoms with Gasteiger partial charge in [-0.2, -0.15) is 9.97 Å². The smallest absolute Gasteiger partial charge is 0.243 e. The molecule has 1 fully saturated rings. The molecule has 1 saturated heterocycles. The monoisotopic (exact) mass is 326 g/mol. The zero-order valence-electron chi connectivity index (χ0n) is 13.4. The van der Waals surface area contributed by atoms with Gasteiger partial charge >= 0.3 is 0 Å². The molecule has 0 spiro atoms. The third kappa shape index (κ3) is 3.05. The van der Waals surface area contributed by atoms with E-state index >= 15 is 0 Å². The molecule has 1 atom stereocenters. The van der Waals surface area contributed by atoms with Crippen molar-refractivity contribution in [3.8, 4) is 11.4 Å². The van der Waals surface area contributed by atoms with E-state index in [-0.39, 0.29) is 6.04 Å². The minimum atomic E-state index is 0.105. The predicted octanol–water partition coefficient (Wildman–Crippen LogP) is 2.55. The molecule has 0 amide bonds. The maximum absolute atomic E-state index is 5.41. The van der Waals surface area contributed by atoms with Crippen LogP contribution >= 0.6 is 0 Å². The maximum Gasteiger partial charge on any atom is 0.243 e. The Morgan fingerprint density at radius 3 is 2.96 bits per heavy atom. The van der Waals surface area contributed by atoms with E-state index < -0.39 is 0 Å². The van der Waals surface area contributed by atoms with Crippen molar-refractivity contribution in [3.63, 3.8) is 0 Å². The highest BCUT2D eigenvalue weighted by Gasteiger charge is 2.29. The van der Waals surface area contributed by atoms with Crippen LogP contribution < -0.4 is 0 Å². The Morgan fingerprint density at radius 1 is 1.21 bits per heavy atom. The van der Waals surface area contributed by atoms with E-state index in [4.69, 9.17) is 9.05 Å². The average Bonchev–Trinajstić information content (AvgIpc) is 3.25. The zero-order valence-corrected chi connectivity index (χ0v) is 13.4. The molecular formula is C16H18N6O2. The molecule has 4 heterocycles. The number of aryl methyl sites for hydroxylation is 1. The predicted molar refractivity (Wildman–Crippen MR) is 83.6 cm³/mol. The summed E-state index contributed by atoms with van der Waals surface area (Å²) < 4.78 is 10.8. The number of aromatic nitrogens is 5. The van der Waals surface area contributed by atoms with Crippen LogP contribution in [0.5, 0.6) is 0 Å². The first-order valence-electron chi connectivity index (χ1n) is 8.07. The van der Waals surface area contributed by atoms with Crippen LogP contribution in [0, 0.1) is 6.92 Å². The lowest BCUT2D eigenvalue weighted by molar-refractivity contribution is 0.0986. The van der Waals surface area contributed by atoms with Gasteiger partial charge in [0.15, 0.2) is 5.82 Å². The van der Waals surface area contributed by atoms with E-state index in [9.17, 15) is 0 Å². The van der Waals surface area contributed by atoms with E-state index in [0.29, 0.717) is 30.0 Å². The van der Waals surface area contributed by atoms with Crippen molar-refractivity contribution in [2.45, 2.75) is 38.8 Å². The lowest BCUT2D eigenvalue weighted by Crippen LogP contribution is -2.33. The summed E-state index contributed by atoms with van der Waals surface area (Å²) in [5, 5.41) is 7.96. The van der Waals surface area contributed by atoms with Crippen molar-refractivity contribution < 1.29 is 9.05 Å². The minimum Gasteiger partial charge on any atom is -0.338 e. The van der Waals surface area contributed by atoms with Gasteiger partial charge in [-0.1, -0.05) is 16.7 Å². The van der Waals surface area contributed by atoms with E-state index in [2.05, 4.69) is 30.2 Å². The second-order valence-electron chi connectivity index (χ2n) is 5.92. The Bertz CT molecular complexity index is 800. The van der Waals surface area contributed by atoms with Crippen molar-refractivity contribution in [1.82, 2.24) is 30.2 Å². The van der Waals surface area contributed by atoms with Gasteiger partial charge in [-0.3, -0.25) is 9.88 Å². The first-order valence-corrected chi connectivity index (χ1v) is 8.07. The van der Waals surface area contributed by atoms with Gasteiger partial charge in [0.25, 0.3) is 0 Å². The molecule has 4 rings (SSSR count). The maximum atomic E-state index is 5.41. The molecule has 0 saturated carbocycles. The summed E-state index contributed by atoms with van der Waals surface area (Å²) in [7, 11) is 0. The van der Waals surface area contributed by atoms with Gasteiger partial charge in [0.05, 0.1) is 12.6 Å². The Morgan fingerprint density at radius 2 is 2.17 bits per heavy atom. The van der Waals surface area contributed by atoms with E-state index in [0.717, 1.165) is 31.4 Å². The molecule has 0 bridgehead atoms. The molecule has 24 heavy (non-hydrogen) atoms. The molecule has 8 heteroatoms. The van der Waals surface area contributed by atoms with Gasteiger partial charge in [0.2, 0.25) is 17.6 Å². The molecule has 0 N–H and O–H groups in total. The van der Waals surface area contributed by atoms with Crippen molar-refractivity contribution in [3.05, 3.63) is 42.1 Å². The number of hydrogen-bond acceptors (Lipinski definition) is 8. The Labute approximate surface area is 138 Å². The van der Waals surface area contributed by atoms with Crippen LogP contribution in [0.3, 0.4) is 0 Å². The van der Waals surface area contributed by atoms with Crippen LogP contribution in [-0.4, -0.2) is 36.7 Å². The Balaban J connectivity index is 1.52. The Kier molecular flexibility index (Phi) is 4.04. The van der Waals surface area contributed by atoms with Gasteiger partial charge in [0.1, 0.15) is 0 Å². The lowest BCUT2D eigenvalue weighted by Gasteiger charge is -2.31. The molecular weight excluding hydrogens is 308 g/mol. The first kappa shape index (κ1) is 14.9. The molecule has 8 nitrogen and oxygen atoms in total. The summed E-state index contributed by atoms with van der Waals surface area (Å²) in [6.07, 6.45) is 6.71. The fourth-order valence-corrected chi connectivity index (χ4v) is 3.01. The van der Waals surface area contributed by atoms with Gasteiger partial charge in [-0.05, 0) is 38.4 Å². The second kappa shape index (κ2) is 6.48. The number of hydrogen-bond donors (Lipinski definition) is 0. The van der Waals surface area contributed by atoms with Crippen LogP contribution in [0.1, 0.15) is 42.9 Å². The summed E-state index contributed by atoms with van der Waals surface area (Å²) in [6.45, 7) is 3.34. The van der Waals surface area contributed by atoms with Crippen LogP contribution in [-0.2, 0) is 6.54 Å². The second-order valence-corrected chi connectivity index (χ2v) is 5.92. The highest BCUT2D eigenvalue weighted by molar-refractivity contribution is 5.51. The molecule has 0 radical (unpaired) electrons. The zero-order chi connectivity index (χ0) is 16.4. The summed E-state index contributed by atoms with van der Waals surface area (Å²) in [4.78, 5) is 15.2. The van der Waals surface area contributed by atoms with Gasteiger partial charge in [0, 0.05) is 18.0 Å². The number of rotatable bonds is 4. The van der Waals surface area contributed by atoms with Crippen molar-refractivity contribution in [2.24, 2.45) is 0 Å². The quantitative estimate of drug-likeness (QED) is 0.722. The SMILES string of the molecule is Cc1noc([C@H]2CCCCN2Cc2nc(-c3cccnc3)no2)n1. The molecule has 3 aromatic rings. The standard InChI is InChI=1S/C16H18N6O2/c1-11-18-16(24-20-11)13-6-2-3-8-22(13)10-14-19-15(21-23-14)12-5-4-7-17-9-12/h4-5,7,9,13H,2-3,6,8,10H2,1H3/t13-/m1/s1. The third-order valence-electron chi connectivity index (χ3n) is 4.17. The van der Waals surface area contributed by atoms with Crippen molar-refractivity contribution in [2.75, 3.05) is 6.54 Å². The average molecular weight is 326 g/mol. The fourth-order valence-electron chi connectivity index (χ4n) is 3.01. The lowest BCUT2D eigenvalue weighted by atomic mass is 10.0. The van der Waals surface area contributed by atoms with Crippen LogP contribution in [0.15, 0.2) is 33.6 Å². The molecule has 124 valence electrons. The van der Waals surface area contributed by atoms with Gasteiger partial charge in [-0.15, -0.1) is 0 Å². The number of piperidine rings is 1. The fraction of sp³-hybridized carbons (Fsp3) is 0.438.